The van der Waals surface area contributed by atoms with E-state index in [-0.39, 0.29) is 55.7 Å². The van der Waals surface area contributed by atoms with Crippen molar-refractivity contribution >= 4 is 35.4 Å². The molecular weight excluding hydrogens is 516 g/mol. The Kier molecular flexibility index (Phi) is 14.7. The number of urea groups is 1. The smallest absolute Gasteiger partial charge is 0.410 e. The van der Waals surface area contributed by atoms with Gasteiger partial charge in [-0.25, -0.2) is 9.59 Å². The molecule has 1 rings (SSSR count). The fourth-order valence-corrected chi connectivity index (χ4v) is 3.63. The number of benzene rings is 1. The van der Waals surface area contributed by atoms with Crippen molar-refractivity contribution in [3.63, 3.8) is 0 Å². The minimum atomic E-state index is -0.845. The Morgan fingerprint density at radius 2 is 1.57 bits per heavy atom. The molecule has 0 spiro atoms. The van der Waals surface area contributed by atoms with E-state index < -0.39 is 30.1 Å². The number of carbonyl (C=O) groups is 5. The second-order valence-electron chi connectivity index (χ2n) is 10.8. The number of Topliss-reactive ketones (excluding diaryl/α,β-unsaturated/α-hetero) is 1. The fourth-order valence-electron chi connectivity index (χ4n) is 3.63. The highest BCUT2D eigenvalue weighted by atomic mass is 16.6. The number of amides is 5. The molecule has 0 radical (unpaired) electrons. The van der Waals surface area contributed by atoms with E-state index in [1.54, 1.807) is 38.1 Å². The van der Waals surface area contributed by atoms with Gasteiger partial charge < -0.3 is 36.6 Å². The summed E-state index contributed by atoms with van der Waals surface area (Å²) in [5.41, 5.74) is 6.30. The predicted octanol–water partition coefficient (Wildman–Crippen LogP) is 2.37. The normalized spacial score (nSPS) is 12.6. The second kappa shape index (κ2) is 17.1. The van der Waals surface area contributed by atoms with Crippen LogP contribution in [0.25, 0.3) is 0 Å². The summed E-state index contributed by atoms with van der Waals surface area (Å²) >= 11 is 0. The molecule has 224 valence electrons. The topological polar surface area (TPSA) is 172 Å². The van der Waals surface area contributed by atoms with Crippen LogP contribution in [-0.2, 0) is 25.7 Å². The number of rotatable bonds is 16. The lowest BCUT2D eigenvalue weighted by atomic mass is 10.0. The summed E-state index contributed by atoms with van der Waals surface area (Å²) in [6.07, 6.45) is 0.0975. The van der Waals surface area contributed by atoms with E-state index in [2.05, 4.69) is 21.3 Å². The zero-order chi connectivity index (χ0) is 30.4. The molecule has 0 bridgehead atoms. The summed E-state index contributed by atoms with van der Waals surface area (Å²) in [7, 11) is 1.50. The van der Waals surface area contributed by atoms with E-state index >= 15 is 0 Å². The maximum atomic E-state index is 13.1. The average molecular weight is 563 g/mol. The number of likely N-dealkylation sites (N-methyl/N-ethyl adjacent to an activating group) is 1. The van der Waals surface area contributed by atoms with Crippen molar-refractivity contribution in [1.29, 1.82) is 0 Å². The van der Waals surface area contributed by atoms with Crippen molar-refractivity contribution in [1.82, 2.24) is 20.9 Å². The van der Waals surface area contributed by atoms with Crippen LogP contribution in [0, 0.1) is 11.8 Å². The molecule has 2 unspecified atom stereocenters. The zero-order valence-corrected chi connectivity index (χ0v) is 24.7. The van der Waals surface area contributed by atoms with Gasteiger partial charge in [0.2, 0.25) is 11.8 Å². The van der Waals surface area contributed by atoms with Gasteiger partial charge in [0.1, 0.15) is 12.6 Å². The second-order valence-corrected chi connectivity index (χ2v) is 10.8. The highest BCUT2D eigenvalue weighted by Gasteiger charge is 2.28. The molecule has 2 atom stereocenters. The monoisotopic (exact) mass is 562 g/mol. The first-order valence-corrected chi connectivity index (χ1v) is 13.6. The van der Waals surface area contributed by atoms with Crippen LogP contribution in [0.5, 0.6) is 0 Å². The van der Waals surface area contributed by atoms with Crippen LogP contribution < -0.4 is 27.0 Å². The number of nitrogens with two attached hydrogens (primary N) is 1. The Labute approximate surface area is 237 Å². The minimum Gasteiger partial charge on any atom is -0.445 e. The summed E-state index contributed by atoms with van der Waals surface area (Å²) in [6.45, 7) is 11.5. The Balaban J connectivity index is 2.82. The number of nitrogens with one attached hydrogen (secondary N) is 4. The quantitative estimate of drug-likeness (QED) is 0.192. The molecule has 0 saturated heterocycles. The Morgan fingerprint density at radius 1 is 0.950 bits per heavy atom. The summed E-state index contributed by atoms with van der Waals surface area (Å²) in [6, 6.07) is 4.82. The Hall–Kier alpha value is -3.67. The van der Waals surface area contributed by atoms with Gasteiger partial charge in [0.25, 0.3) is 0 Å². The van der Waals surface area contributed by atoms with Crippen molar-refractivity contribution in [2.75, 3.05) is 25.5 Å². The van der Waals surface area contributed by atoms with Crippen LogP contribution in [0.2, 0.25) is 0 Å². The summed E-state index contributed by atoms with van der Waals surface area (Å²) in [5.74, 6) is -0.932. The van der Waals surface area contributed by atoms with Gasteiger partial charge in [-0.3, -0.25) is 14.4 Å². The molecule has 0 heterocycles. The molecule has 1 aromatic rings. The zero-order valence-electron chi connectivity index (χ0n) is 24.7. The van der Waals surface area contributed by atoms with Gasteiger partial charge in [0.15, 0.2) is 5.78 Å². The molecule has 40 heavy (non-hydrogen) atoms. The van der Waals surface area contributed by atoms with Gasteiger partial charge in [-0.1, -0.05) is 53.7 Å². The standard InChI is InChI=1S/C28H46N6O6/c1-17(2)23(35)15-34(7)28(39)40-16-20-10-12-21(13-11-20)32-25(36)22(9-8-14-30-27(29)38)33-26(37)24(18(3)4)31-19(5)6/h10-13,17-19,22,24,31H,8-9,14-16H2,1-7H3,(H,32,36)(H,33,37)(H3,29,30,38). The predicted molar refractivity (Wildman–Crippen MR) is 153 cm³/mol. The molecule has 0 fully saturated rings. The van der Waals surface area contributed by atoms with Crippen molar-refractivity contribution < 1.29 is 28.7 Å². The lowest BCUT2D eigenvalue weighted by molar-refractivity contribution is -0.129. The summed E-state index contributed by atoms with van der Waals surface area (Å²) in [4.78, 5) is 62.4. The summed E-state index contributed by atoms with van der Waals surface area (Å²) < 4.78 is 5.27. The first-order valence-electron chi connectivity index (χ1n) is 13.6. The van der Waals surface area contributed by atoms with E-state index in [1.165, 1.54) is 11.9 Å². The molecule has 12 nitrogen and oxygen atoms in total. The Morgan fingerprint density at radius 3 is 2.10 bits per heavy atom. The molecule has 0 saturated carbocycles. The van der Waals surface area contributed by atoms with Gasteiger partial charge >= 0.3 is 12.1 Å². The van der Waals surface area contributed by atoms with E-state index in [0.717, 1.165) is 0 Å². The van der Waals surface area contributed by atoms with Gasteiger partial charge in [-0.2, -0.15) is 0 Å². The molecule has 0 aliphatic carbocycles. The largest absolute Gasteiger partial charge is 0.445 e. The third-order valence-electron chi connectivity index (χ3n) is 6.00. The van der Waals surface area contributed by atoms with Crippen molar-refractivity contribution in [3.05, 3.63) is 29.8 Å². The van der Waals surface area contributed by atoms with E-state index in [4.69, 9.17) is 10.5 Å². The SMILES string of the molecule is CC(C)NC(C(=O)NC(CCCNC(N)=O)C(=O)Nc1ccc(COC(=O)N(C)CC(=O)C(C)C)cc1)C(C)C. The first-order chi connectivity index (χ1) is 18.7. The van der Waals surface area contributed by atoms with Crippen LogP contribution in [0.3, 0.4) is 0 Å². The molecule has 12 heteroatoms. The maximum Gasteiger partial charge on any atom is 0.410 e. The van der Waals surface area contributed by atoms with E-state index in [1.807, 2.05) is 27.7 Å². The minimum absolute atomic E-state index is 0.000217. The first kappa shape index (κ1) is 34.4. The number of anilines is 1. The van der Waals surface area contributed by atoms with E-state index in [9.17, 15) is 24.0 Å². The molecule has 5 amide bonds. The van der Waals surface area contributed by atoms with Crippen LogP contribution in [0.1, 0.15) is 59.9 Å². The number of hydrogen-bond donors (Lipinski definition) is 5. The van der Waals surface area contributed by atoms with Gasteiger partial charge in [0.05, 0.1) is 12.6 Å². The molecule has 0 aliphatic heterocycles. The number of ether oxygens (including phenoxy) is 1. The molecule has 0 aromatic heterocycles. The lowest BCUT2D eigenvalue weighted by Crippen LogP contribution is -2.54. The lowest BCUT2D eigenvalue weighted by Gasteiger charge is -2.27. The third-order valence-corrected chi connectivity index (χ3v) is 6.00. The van der Waals surface area contributed by atoms with Crippen LogP contribution in [0.4, 0.5) is 15.3 Å². The number of hydrogen-bond acceptors (Lipinski definition) is 7. The maximum absolute atomic E-state index is 13.1. The van der Waals surface area contributed by atoms with Crippen molar-refractivity contribution in [2.24, 2.45) is 17.6 Å². The van der Waals surface area contributed by atoms with Crippen LogP contribution in [0.15, 0.2) is 24.3 Å². The molecular formula is C28H46N6O6. The number of carbonyl (C=O) groups excluding carboxylic acids is 5. The van der Waals surface area contributed by atoms with Crippen molar-refractivity contribution in [2.45, 2.75) is 79.1 Å². The molecule has 0 aliphatic rings. The van der Waals surface area contributed by atoms with Crippen molar-refractivity contribution in [3.8, 4) is 0 Å². The third kappa shape index (κ3) is 12.9. The van der Waals surface area contributed by atoms with Gasteiger partial charge in [0, 0.05) is 31.2 Å². The highest BCUT2D eigenvalue weighted by molar-refractivity contribution is 5.98. The molecule has 6 N–H and O–H groups in total. The van der Waals surface area contributed by atoms with Crippen LogP contribution >= 0.6 is 0 Å². The van der Waals surface area contributed by atoms with Crippen LogP contribution in [-0.4, -0.2) is 72.9 Å². The Bertz CT molecular complexity index is 996. The van der Waals surface area contributed by atoms with Gasteiger partial charge in [-0.05, 0) is 36.5 Å². The fraction of sp³-hybridized carbons (Fsp3) is 0.607. The molecule has 1 aromatic carbocycles. The highest BCUT2D eigenvalue weighted by Crippen LogP contribution is 2.13. The van der Waals surface area contributed by atoms with Gasteiger partial charge in [-0.15, -0.1) is 0 Å². The summed E-state index contributed by atoms with van der Waals surface area (Å²) in [5, 5.41) is 11.4. The number of ketones is 1. The average Bonchev–Trinajstić information content (AvgIpc) is 2.87. The number of primary amides is 1. The van der Waals surface area contributed by atoms with E-state index in [0.29, 0.717) is 17.7 Å². The number of nitrogens with zero attached hydrogens (tertiary/aromatic N) is 1.